The fraction of sp³-hybridized carbons (Fsp3) is 0.636. The Balaban J connectivity index is 2.12. The summed E-state index contributed by atoms with van der Waals surface area (Å²) >= 11 is 0. The predicted octanol–water partition coefficient (Wildman–Crippen LogP) is 2.36. The minimum Gasteiger partial charge on any atom is -0.300 e. The van der Waals surface area contributed by atoms with Crippen molar-refractivity contribution in [2.75, 3.05) is 7.05 Å². The Morgan fingerprint density at radius 1 is 1.33 bits per heavy atom. The number of hydrogen-bond donors (Lipinski definition) is 0. The van der Waals surface area contributed by atoms with E-state index in [1.165, 1.54) is 25.7 Å². The van der Waals surface area contributed by atoms with E-state index in [2.05, 4.69) is 24.6 Å². The van der Waals surface area contributed by atoms with Gasteiger partial charge in [0.05, 0.1) is 0 Å². The second kappa shape index (κ2) is 3.06. The third kappa shape index (κ3) is 1.22. The SMILES string of the molecule is C=CC=C1CC2CCC(C1)N2C. The van der Waals surface area contributed by atoms with E-state index in [0.717, 1.165) is 12.1 Å². The summed E-state index contributed by atoms with van der Waals surface area (Å²) in [6.45, 7) is 3.75. The molecule has 2 saturated heterocycles. The highest BCUT2D eigenvalue weighted by Crippen LogP contribution is 2.36. The van der Waals surface area contributed by atoms with Crippen LogP contribution in [0.5, 0.6) is 0 Å². The van der Waals surface area contributed by atoms with Gasteiger partial charge in [-0.1, -0.05) is 24.3 Å². The average Bonchev–Trinajstić information content (AvgIpc) is 2.33. The molecule has 2 aliphatic rings. The van der Waals surface area contributed by atoms with Gasteiger partial charge in [-0.3, -0.25) is 4.90 Å². The van der Waals surface area contributed by atoms with Crippen LogP contribution in [0.25, 0.3) is 0 Å². The van der Waals surface area contributed by atoms with Crippen LogP contribution in [0.3, 0.4) is 0 Å². The van der Waals surface area contributed by atoms with E-state index in [1.807, 2.05) is 6.08 Å². The highest BCUT2D eigenvalue weighted by molar-refractivity contribution is 5.18. The molecule has 0 radical (unpaired) electrons. The van der Waals surface area contributed by atoms with E-state index in [-0.39, 0.29) is 0 Å². The maximum Gasteiger partial charge on any atom is 0.0133 e. The number of hydrogen-bond acceptors (Lipinski definition) is 1. The molecule has 2 aliphatic heterocycles. The maximum atomic E-state index is 3.75. The van der Waals surface area contributed by atoms with Crippen molar-refractivity contribution >= 4 is 0 Å². The normalized spacial score (nSPS) is 35.2. The van der Waals surface area contributed by atoms with Gasteiger partial charge in [0.15, 0.2) is 0 Å². The number of allylic oxidation sites excluding steroid dienone is 2. The molecular formula is C11H17N. The van der Waals surface area contributed by atoms with Gasteiger partial charge in [0.2, 0.25) is 0 Å². The molecule has 0 aliphatic carbocycles. The van der Waals surface area contributed by atoms with Crippen molar-refractivity contribution in [3.63, 3.8) is 0 Å². The average molecular weight is 163 g/mol. The second-order valence-corrected chi connectivity index (χ2v) is 4.02. The summed E-state index contributed by atoms with van der Waals surface area (Å²) in [7, 11) is 2.27. The fourth-order valence-corrected chi connectivity index (χ4v) is 2.57. The lowest BCUT2D eigenvalue weighted by Crippen LogP contribution is -2.36. The van der Waals surface area contributed by atoms with E-state index >= 15 is 0 Å². The van der Waals surface area contributed by atoms with Gasteiger partial charge in [0, 0.05) is 12.1 Å². The fourth-order valence-electron chi connectivity index (χ4n) is 2.57. The summed E-state index contributed by atoms with van der Waals surface area (Å²) in [6, 6.07) is 1.66. The van der Waals surface area contributed by atoms with Crippen molar-refractivity contribution in [3.05, 3.63) is 24.3 Å². The Morgan fingerprint density at radius 3 is 2.42 bits per heavy atom. The molecule has 0 saturated carbocycles. The van der Waals surface area contributed by atoms with Crippen LogP contribution in [0.4, 0.5) is 0 Å². The minimum absolute atomic E-state index is 0.829. The molecule has 66 valence electrons. The highest BCUT2D eigenvalue weighted by atomic mass is 15.2. The second-order valence-electron chi connectivity index (χ2n) is 4.02. The molecule has 1 nitrogen and oxygen atoms in total. The van der Waals surface area contributed by atoms with Crippen LogP contribution in [0.1, 0.15) is 25.7 Å². The van der Waals surface area contributed by atoms with Gasteiger partial charge < -0.3 is 0 Å². The van der Waals surface area contributed by atoms with Crippen LogP contribution in [-0.2, 0) is 0 Å². The van der Waals surface area contributed by atoms with Gasteiger partial charge in [0.1, 0.15) is 0 Å². The zero-order valence-electron chi connectivity index (χ0n) is 7.79. The summed E-state index contributed by atoms with van der Waals surface area (Å²) in [4.78, 5) is 2.56. The quantitative estimate of drug-likeness (QED) is 0.573. The van der Waals surface area contributed by atoms with Gasteiger partial charge in [-0.15, -0.1) is 0 Å². The monoisotopic (exact) mass is 163 g/mol. The Kier molecular flexibility index (Phi) is 2.05. The van der Waals surface area contributed by atoms with Gasteiger partial charge in [-0.25, -0.2) is 0 Å². The molecule has 2 unspecified atom stereocenters. The van der Waals surface area contributed by atoms with Crippen molar-refractivity contribution in [2.45, 2.75) is 37.8 Å². The molecular weight excluding hydrogens is 146 g/mol. The van der Waals surface area contributed by atoms with Crippen molar-refractivity contribution in [1.29, 1.82) is 0 Å². The molecule has 0 N–H and O–H groups in total. The Hall–Kier alpha value is -0.560. The Morgan fingerprint density at radius 2 is 1.92 bits per heavy atom. The van der Waals surface area contributed by atoms with E-state index < -0.39 is 0 Å². The topological polar surface area (TPSA) is 3.24 Å². The molecule has 0 aromatic carbocycles. The van der Waals surface area contributed by atoms with E-state index in [0.29, 0.717) is 0 Å². The lowest BCUT2D eigenvalue weighted by molar-refractivity contribution is 0.209. The minimum atomic E-state index is 0.829. The van der Waals surface area contributed by atoms with Gasteiger partial charge >= 0.3 is 0 Å². The third-order valence-corrected chi connectivity index (χ3v) is 3.33. The summed E-state index contributed by atoms with van der Waals surface area (Å²) in [5.74, 6) is 0. The molecule has 2 bridgehead atoms. The summed E-state index contributed by atoms with van der Waals surface area (Å²) in [5, 5.41) is 0. The first kappa shape index (κ1) is 8.06. The van der Waals surface area contributed by atoms with Crippen LogP contribution >= 0.6 is 0 Å². The lowest BCUT2D eigenvalue weighted by atomic mass is 9.97. The lowest BCUT2D eigenvalue weighted by Gasteiger charge is -2.32. The van der Waals surface area contributed by atoms with Gasteiger partial charge in [-0.2, -0.15) is 0 Å². The zero-order chi connectivity index (χ0) is 8.55. The van der Waals surface area contributed by atoms with Crippen LogP contribution in [0, 0.1) is 0 Å². The number of fused-ring (bicyclic) bond motifs is 2. The largest absolute Gasteiger partial charge is 0.300 e. The molecule has 0 aromatic rings. The first-order valence-corrected chi connectivity index (χ1v) is 4.83. The summed E-state index contributed by atoms with van der Waals surface area (Å²) < 4.78 is 0. The molecule has 0 amide bonds. The smallest absolute Gasteiger partial charge is 0.0133 e. The van der Waals surface area contributed by atoms with Crippen LogP contribution in [0.15, 0.2) is 24.3 Å². The zero-order valence-corrected chi connectivity index (χ0v) is 7.79. The first-order chi connectivity index (χ1) is 5.81. The summed E-state index contributed by atoms with van der Waals surface area (Å²) in [6.07, 6.45) is 9.49. The van der Waals surface area contributed by atoms with Gasteiger partial charge in [-0.05, 0) is 32.7 Å². The predicted molar refractivity (Wildman–Crippen MR) is 52.1 cm³/mol. The molecule has 1 heteroatoms. The molecule has 2 heterocycles. The third-order valence-electron chi connectivity index (χ3n) is 3.33. The van der Waals surface area contributed by atoms with Crippen molar-refractivity contribution in [2.24, 2.45) is 0 Å². The first-order valence-electron chi connectivity index (χ1n) is 4.83. The van der Waals surface area contributed by atoms with E-state index in [4.69, 9.17) is 0 Å². The van der Waals surface area contributed by atoms with Crippen molar-refractivity contribution < 1.29 is 0 Å². The molecule has 2 rings (SSSR count). The molecule has 2 atom stereocenters. The molecule has 2 fully saturated rings. The Labute approximate surface area is 74.8 Å². The standard InChI is InChI=1S/C11H17N/c1-3-4-9-7-10-5-6-11(8-9)12(10)2/h3-4,10-11H,1,5-8H2,2H3. The number of piperidine rings is 1. The summed E-state index contributed by atoms with van der Waals surface area (Å²) in [5.41, 5.74) is 1.61. The maximum absolute atomic E-state index is 3.75. The highest BCUT2D eigenvalue weighted by Gasteiger charge is 2.35. The molecule has 0 spiro atoms. The molecule has 12 heavy (non-hydrogen) atoms. The number of nitrogens with zero attached hydrogens (tertiary/aromatic N) is 1. The van der Waals surface area contributed by atoms with Crippen LogP contribution in [0.2, 0.25) is 0 Å². The number of rotatable bonds is 1. The van der Waals surface area contributed by atoms with E-state index in [1.54, 1.807) is 5.57 Å². The van der Waals surface area contributed by atoms with Crippen LogP contribution < -0.4 is 0 Å². The van der Waals surface area contributed by atoms with Crippen molar-refractivity contribution in [1.82, 2.24) is 4.90 Å². The van der Waals surface area contributed by atoms with Gasteiger partial charge in [0.25, 0.3) is 0 Å². The van der Waals surface area contributed by atoms with Crippen molar-refractivity contribution in [3.8, 4) is 0 Å². The van der Waals surface area contributed by atoms with Crippen LogP contribution in [-0.4, -0.2) is 24.0 Å². The molecule has 0 aromatic heterocycles. The van der Waals surface area contributed by atoms with E-state index in [9.17, 15) is 0 Å². The Bertz CT molecular complexity index is 201.